The topological polar surface area (TPSA) is 37.5 Å². The van der Waals surface area contributed by atoms with E-state index in [-0.39, 0.29) is 12.3 Å². The molecular weight excluding hydrogens is 975 g/mol. The molecule has 5 heterocycles. The number of rotatable bonds is 9. The van der Waals surface area contributed by atoms with E-state index in [1.165, 1.54) is 124 Å². The number of fused-ring (bicyclic) bond motifs is 14. The maximum absolute atomic E-state index is 5.77. The Balaban J connectivity index is 0.877. The van der Waals surface area contributed by atoms with Crippen LogP contribution in [0.25, 0.3) is 89.2 Å². The zero-order valence-electron chi connectivity index (χ0n) is 44.6. The SMILES string of the molecule is CCC/C=C(\C)C1N=C(c2cc(C3=Cc4sc5c(c4CC3)CCc3c-5c4c(n3-c3ccccc3)=CCCC=4)ccc2C2=Cc3sc4c(ccc5c4c4ccccc4n5C4=CC=CCC4)c3CC2)N(C)C(C2=CCCC=C2)N1. The molecular formula is C70H65N5S2. The summed E-state index contributed by atoms with van der Waals surface area (Å²) in [5.41, 5.74) is 22.3. The Morgan fingerprint density at radius 3 is 2.40 bits per heavy atom. The third-order valence-corrected chi connectivity index (χ3v) is 20.2. The minimum Gasteiger partial charge on any atom is -0.340 e. The number of unbranched alkanes of at least 4 members (excludes halogenated alkanes) is 1. The zero-order valence-corrected chi connectivity index (χ0v) is 46.2. The third kappa shape index (κ3) is 7.74. The molecule has 2 unspecified atom stereocenters. The summed E-state index contributed by atoms with van der Waals surface area (Å²) in [6.45, 7) is 4.55. The van der Waals surface area contributed by atoms with Crippen molar-refractivity contribution in [2.24, 2.45) is 4.99 Å². The fraction of sp³-hybridized carbons (Fsp3) is 0.271. The first-order valence-corrected chi connectivity index (χ1v) is 30.3. The molecule has 0 saturated heterocycles. The van der Waals surface area contributed by atoms with E-state index in [1.807, 2.05) is 11.3 Å². The molecule has 2 atom stereocenters. The summed E-state index contributed by atoms with van der Waals surface area (Å²) in [5, 5.41) is 11.0. The number of benzene rings is 4. The Hall–Kier alpha value is -7.03. The molecule has 5 nitrogen and oxygen atoms in total. The number of nitrogens with one attached hydrogen (secondary N) is 1. The second kappa shape index (κ2) is 19.2. The van der Waals surface area contributed by atoms with Gasteiger partial charge in [0.1, 0.15) is 18.2 Å². The van der Waals surface area contributed by atoms with Gasteiger partial charge in [-0.2, -0.15) is 0 Å². The third-order valence-electron chi connectivity index (χ3n) is 17.8. The highest BCUT2D eigenvalue weighted by atomic mass is 32.1. The molecule has 0 spiro atoms. The molecule has 0 radical (unpaired) electrons. The van der Waals surface area contributed by atoms with Crippen LogP contribution in [-0.4, -0.2) is 39.2 Å². The number of aromatic nitrogens is 2. The summed E-state index contributed by atoms with van der Waals surface area (Å²) in [5.74, 6) is 1.07. The Bertz CT molecular complexity index is 4180. The highest BCUT2D eigenvalue weighted by Gasteiger charge is 2.35. The minimum atomic E-state index is -0.124. The number of nitrogens with zero attached hydrogens (tertiary/aromatic N) is 4. The first-order chi connectivity index (χ1) is 38.0. The first-order valence-electron chi connectivity index (χ1n) is 28.6. The predicted molar refractivity (Wildman–Crippen MR) is 330 cm³/mol. The molecule has 4 aromatic carbocycles. The first kappa shape index (κ1) is 47.2. The second-order valence-electron chi connectivity index (χ2n) is 22.3. The molecule has 77 heavy (non-hydrogen) atoms. The normalized spacial score (nSPS) is 19.9. The number of allylic oxidation sites excluding steroid dienone is 9. The molecule has 15 rings (SSSR count). The number of hydrogen-bond acceptors (Lipinski definition) is 5. The minimum absolute atomic E-state index is 0.00105. The number of likely N-dealkylation sites (N-methyl/N-ethyl adjacent to an activating group) is 1. The van der Waals surface area contributed by atoms with E-state index in [1.54, 1.807) is 11.1 Å². The van der Waals surface area contributed by atoms with Crippen LogP contribution in [0.15, 0.2) is 144 Å². The molecule has 7 aliphatic rings. The molecule has 1 N–H and O–H groups in total. The van der Waals surface area contributed by atoms with Crippen LogP contribution in [0, 0.1) is 0 Å². The summed E-state index contributed by atoms with van der Waals surface area (Å²) < 4.78 is 6.54. The van der Waals surface area contributed by atoms with Crippen molar-refractivity contribution in [3.63, 3.8) is 0 Å². The number of para-hydroxylation sites is 2. The van der Waals surface area contributed by atoms with Gasteiger partial charge in [-0.15, -0.1) is 22.7 Å². The van der Waals surface area contributed by atoms with Gasteiger partial charge in [0.2, 0.25) is 0 Å². The maximum Gasteiger partial charge on any atom is 0.134 e. The highest BCUT2D eigenvalue weighted by Crippen LogP contribution is 2.49. The lowest BCUT2D eigenvalue weighted by Gasteiger charge is -2.41. The van der Waals surface area contributed by atoms with Crippen LogP contribution in [0.3, 0.4) is 0 Å². The van der Waals surface area contributed by atoms with Crippen molar-refractivity contribution in [3.8, 4) is 16.1 Å². The van der Waals surface area contributed by atoms with E-state index in [2.05, 4.69) is 203 Å². The number of hydrogen-bond donors (Lipinski definition) is 1. The number of amidine groups is 1. The monoisotopic (exact) mass is 1040 g/mol. The maximum atomic E-state index is 5.77. The Labute approximate surface area is 460 Å². The smallest absolute Gasteiger partial charge is 0.134 e. The fourth-order valence-electron chi connectivity index (χ4n) is 14.0. The van der Waals surface area contributed by atoms with Gasteiger partial charge < -0.3 is 14.0 Å². The van der Waals surface area contributed by atoms with Gasteiger partial charge in [-0.3, -0.25) is 5.32 Å². The summed E-state index contributed by atoms with van der Waals surface area (Å²) in [7, 11) is 2.27. The molecule has 1 aliphatic heterocycles. The molecule has 382 valence electrons. The lowest BCUT2D eigenvalue weighted by molar-refractivity contribution is 0.303. The lowest BCUT2D eigenvalue weighted by Crippen LogP contribution is -2.56. The van der Waals surface area contributed by atoms with Crippen molar-refractivity contribution in [1.29, 1.82) is 0 Å². The van der Waals surface area contributed by atoms with Crippen LogP contribution in [0.4, 0.5) is 0 Å². The van der Waals surface area contributed by atoms with Crippen LogP contribution >= 0.6 is 22.7 Å². The predicted octanol–water partition coefficient (Wildman–Crippen LogP) is 16.1. The summed E-state index contributed by atoms with van der Waals surface area (Å²) in [6.07, 6.45) is 41.4. The molecule has 0 amide bonds. The lowest BCUT2D eigenvalue weighted by atomic mass is 9.84. The van der Waals surface area contributed by atoms with Crippen LogP contribution in [-0.2, 0) is 25.7 Å². The van der Waals surface area contributed by atoms with Gasteiger partial charge in [-0.25, -0.2) is 4.99 Å². The molecule has 4 aromatic heterocycles. The summed E-state index contributed by atoms with van der Waals surface area (Å²) in [4.78, 5) is 12.6. The van der Waals surface area contributed by atoms with Gasteiger partial charge in [-0.1, -0.05) is 117 Å². The van der Waals surface area contributed by atoms with Gasteiger partial charge in [-0.05, 0) is 194 Å². The van der Waals surface area contributed by atoms with E-state index in [0.29, 0.717) is 0 Å². The molecule has 0 saturated carbocycles. The van der Waals surface area contributed by atoms with Crippen molar-refractivity contribution in [3.05, 3.63) is 198 Å². The summed E-state index contributed by atoms with van der Waals surface area (Å²) in [6, 6.07) is 32.5. The number of aliphatic imine (C=N–C) groups is 1. The second-order valence-corrected chi connectivity index (χ2v) is 24.4. The molecule has 7 heteroatoms. The van der Waals surface area contributed by atoms with Gasteiger partial charge in [0, 0.05) is 75.9 Å². The van der Waals surface area contributed by atoms with Gasteiger partial charge in [0.15, 0.2) is 0 Å². The van der Waals surface area contributed by atoms with Gasteiger partial charge >= 0.3 is 0 Å². The molecule has 0 fully saturated rings. The van der Waals surface area contributed by atoms with E-state index < -0.39 is 0 Å². The number of aryl methyl sites for hydroxylation is 1. The van der Waals surface area contributed by atoms with E-state index >= 15 is 0 Å². The molecule has 0 bridgehead atoms. The summed E-state index contributed by atoms with van der Waals surface area (Å²) >= 11 is 4.05. The fourth-order valence-corrected chi connectivity index (χ4v) is 16.9. The molecule has 6 aliphatic carbocycles. The quantitative estimate of drug-likeness (QED) is 0.146. The van der Waals surface area contributed by atoms with E-state index in [9.17, 15) is 0 Å². The average molecular weight is 1040 g/mol. The van der Waals surface area contributed by atoms with E-state index in [4.69, 9.17) is 4.99 Å². The van der Waals surface area contributed by atoms with Crippen LogP contribution < -0.4 is 15.9 Å². The van der Waals surface area contributed by atoms with Crippen LogP contribution in [0.5, 0.6) is 0 Å². The van der Waals surface area contributed by atoms with Crippen molar-refractivity contribution in [1.82, 2.24) is 19.4 Å². The standard InChI is InChI=1S/C70H65N5S2/c1-4-5-19-43(2)68-71-69(44-20-9-6-10-21-44)73(3)70(72-68)57-40-45(46-31-34-51-53-36-38-60-64(66(53)76-62(51)41-46)55-26-15-17-28-58(55)74(60)48-22-11-7-12-23-48)30-33-50(57)47-32-35-52-54-37-39-61-65(67(54)77-63(52)42-47)56-27-16-18-29-59(56)75(61)49-24-13-8-14-25-49/h7-9,11-13,16,18-24,26-30,33,37,39-42,68-69,71H,4-6,10,14-15,17,25,31-32,34-36,38H2,1-3H3/b43-19+. The van der Waals surface area contributed by atoms with Crippen molar-refractivity contribution in [2.45, 2.75) is 116 Å². The van der Waals surface area contributed by atoms with Crippen LogP contribution in [0.2, 0.25) is 0 Å². The highest BCUT2D eigenvalue weighted by molar-refractivity contribution is 7.21. The van der Waals surface area contributed by atoms with Crippen molar-refractivity contribution >= 4 is 102 Å². The van der Waals surface area contributed by atoms with Crippen molar-refractivity contribution in [2.75, 3.05) is 7.05 Å². The van der Waals surface area contributed by atoms with E-state index in [0.717, 1.165) is 95.7 Å². The Kier molecular flexibility index (Phi) is 11.7. The Morgan fingerprint density at radius 2 is 1.53 bits per heavy atom. The van der Waals surface area contributed by atoms with Crippen LogP contribution in [0.1, 0.15) is 127 Å². The zero-order chi connectivity index (χ0) is 51.3. The molecule has 8 aromatic rings. The number of thiophene rings is 2. The Morgan fingerprint density at radius 1 is 0.714 bits per heavy atom. The van der Waals surface area contributed by atoms with Crippen molar-refractivity contribution < 1.29 is 0 Å². The average Bonchev–Trinajstić information content (AvgIpc) is 4.31. The van der Waals surface area contributed by atoms with Gasteiger partial charge in [0.25, 0.3) is 0 Å². The largest absolute Gasteiger partial charge is 0.340 e. The van der Waals surface area contributed by atoms with Gasteiger partial charge in [0.05, 0.1) is 11.0 Å².